The Hall–Kier alpha value is -1.26. The van der Waals surface area contributed by atoms with Gasteiger partial charge >= 0.3 is 6.03 Å². The summed E-state index contributed by atoms with van der Waals surface area (Å²) in [6.45, 7) is 4.83. The Kier molecular flexibility index (Phi) is 7.22. The van der Waals surface area contributed by atoms with Crippen LogP contribution in [0.5, 0.6) is 0 Å². The molecule has 104 valence electrons. The molecule has 1 saturated heterocycles. The first-order valence-electron chi connectivity index (χ1n) is 7.03. The van der Waals surface area contributed by atoms with Crippen molar-refractivity contribution < 1.29 is 9.59 Å². The Morgan fingerprint density at radius 2 is 1.67 bits per heavy atom. The van der Waals surface area contributed by atoms with Gasteiger partial charge < -0.3 is 15.5 Å². The number of hydrogen-bond donors (Lipinski definition) is 2. The highest BCUT2D eigenvalue weighted by molar-refractivity contribution is 5.78. The molecule has 1 heterocycles. The number of hydrogen-bond acceptors (Lipinski definition) is 2. The lowest BCUT2D eigenvalue weighted by Gasteiger charge is -2.20. The molecule has 5 nitrogen and oxygen atoms in total. The first-order valence-corrected chi connectivity index (χ1v) is 7.03. The summed E-state index contributed by atoms with van der Waals surface area (Å²) < 4.78 is 0. The van der Waals surface area contributed by atoms with Crippen molar-refractivity contribution in [2.45, 2.75) is 45.4 Å². The van der Waals surface area contributed by atoms with Gasteiger partial charge in [0, 0.05) is 32.6 Å². The molecule has 1 rings (SSSR count). The molecular weight excluding hydrogens is 230 g/mol. The predicted octanol–water partition coefficient (Wildman–Crippen LogP) is 1.49. The molecule has 0 aliphatic carbocycles. The largest absolute Gasteiger partial charge is 0.356 e. The highest BCUT2D eigenvalue weighted by atomic mass is 16.2. The lowest BCUT2D eigenvalue weighted by molar-refractivity contribution is -0.120. The van der Waals surface area contributed by atoms with Crippen molar-refractivity contribution in [2.75, 3.05) is 26.2 Å². The van der Waals surface area contributed by atoms with Gasteiger partial charge in [0.05, 0.1) is 0 Å². The van der Waals surface area contributed by atoms with Crippen molar-refractivity contribution in [3.05, 3.63) is 0 Å². The molecule has 2 N–H and O–H groups in total. The van der Waals surface area contributed by atoms with Crippen molar-refractivity contribution in [3.63, 3.8) is 0 Å². The maximum atomic E-state index is 11.8. The number of nitrogens with zero attached hydrogens (tertiary/aromatic N) is 1. The van der Waals surface area contributed by atoms with Crippen LogP contribution >= 0.6 is 0 Å². The standard InChI is InChI=1S/C13H25N3O2/c1-2-8-14-12(17)7-9-15-13(18)16-10-5-3-4-6-11-16/h2-11H2,1H3,(H,14,17)(H,15,18). The van der Waals surface area contributed by atoms with Crippen molar-refractivity contribution in [1.29, 1.82) is 0 Å². The minimum Gasteiger partial charge on any atom is -0.356 e. The molecule has 0 aromatic heterocycles. The van der Waals surface area contributed by atoms with Crippen LogP contribution in [0.1, 0.15) is 45.4 Å². The molecule has 0 spiro atoms. The summed E-state index contributed by atoms with van der Waals surface area (Å²) in [5.74, 6) is 0.00742. The van der Waals surface area contributed by atoms with Crippen LogP contribution in [0.3, 0.4) is 0 Å². The van der Waals surface area contributed by atoms with E-state index in [4.69, 9.17) is 0 Å². The fraction of sp³-hybridized carbons (Fsp3) is 0.846. The SMILES string of the molecule is CCCNC(=O)CCNC(=O)N1CCCCCC1. The van der Waals surface area contributed by atoms with E-state index in [1.807, 2.05) is 11.8 Å². The summed E-state index contributed by atoms with van der Waals surface area (Å²) in [6.07, 6.45) is 5.90. The third-order valence-electron chi connectivity index (χ3n) is 3.09. The molecule has 18 heavy (non-hydrogen) atoms. The first-order chi connectivity index (χ1) is 8.74. The van der Waals surface area contributed by atoms with Crippen molar-refractivity contribution in [2.24, 2.45) is 0 Å². The summed E-state index contributed by atoms with van der Waals surface area (Å²) in [4.78, 5) is 25.0. The van der Waals surface area contributed by atoms with Gasteiger partial charge in [-0.15, -0.1) is 0 Å². The van der Waals surface area contributed by atoms with Crippen LogP contribution in [0.2, 0.25) is 0 Å². The summed E-state index contributed by atoms with van der Waals surface area (Å²) in [7, 11) is 0. The average Bonchev–Trinajstić information content (AvgIpc) is 2.65. The number of amides is 3. The van der Waals surface area contributed by atoms with E-state index >= 15 is 0 Å². The second-order valence-corrected chi connectivity index (χ2v) is 4.73. The minimum absolute atomic E-state index is 0.00742. The third-order valence-corrected chi connectivity index (χ3v) is 3.09. The fourth-order valence-corrected chi connectivity index (χ4v) is 2.02. The maximum absolute atomic E-state index is 11.8. The summed E-state index contributed by atoms with van der Waals surface area (Å²) in [5.41, 5.74) is 0. The molecule has 0 aromatic rings. The van der Waals surface area contributed by atoms with Gasteiger partial charge in [-0.05, 0) is 19.3 Å². The molecular formula is C13H25N3O2. The molecule has 0 atom stereocenters. The van der Waals surface area contributed by atoms with Crippen LogP contribution in [0.4, 0.5) is 4.79 Å². The Bertz CT molecular complexity index is 261. The second kappa shape index (κ2) is 8.78. The third kappa shape index (κ3) is 5.89. The van der Waals surface area contributed by atoms with Crippen molar-refractivity contribution in [1.82, 2.24) is 15.5 Å². The van der Waals surface area contributed by atoms with Gasteiger partial charge in [0.15, 0.2) is 0 Å². The zero-order valence-electron chi connectivity index (χ0n) is 11.3. The smallest absolute Gasteiger partial charge is 0.317 e. The topological polar surface area (TPSA) is 61.4 Å². The highest BCUT2D eigenvalue weighted by Crippen LogP contribution is 2.09. The fourth-order valence-electron chi connectivity index (χ4n) is 2.02. The molecule has 0 aromatic carbocycles. The summed E-state index contributed by atoms with van der Waals surface area (Å²) >= 11 is 0. The normalized spacial score (nSPS) is 15.9. The highest BCUT2D eigenvalue weighted by Gasteiger charge is 2.14. The van der Waals surface area contributed by atoms with Gasteiger partial charge in [-0.25, -0.2) is 4.79 Å². The van der Waals surface area contributed by atoms with Crippen LogP contribution in [-0.4, -0.2) is 43.0 Å². The van der Waals surface area contributed by atoms with Crippen LogP contribution < -0.4 is 10.6 Å². The van der Waals surface area contributed by atoms with E-state index < -0.39 is 0 Å². The number of urea groups is 1. The molecule has 3 amide bonds. The maximum Gasteiger partial charge on any atom is 0.317 e. The van der Waals surface area contributed by atoms with E-state index in [2.05, 4.69) is 10.6 Å². The number of rotatable bonds is 5. The average molecular weight is 255 g/mol. The minimum atomic E-state index is -0.0276. The van der Waals surface area contributed by atoms with E-state index in [0.29, 0.717) is 19.5 Å². The van der Waals surface area contributed by atoms with Gasteiger partial charge in [-0.1, -0.05) is 19.8 Å². The molecule has 0 radical (unpaired) electrons. The number of nitrogens with one attached hydrogen (secondary N) is 2. The zero-order chi connectivity index (χ0) is 13.2. The molecule has 0 bridgehead atoms. The van der Waals surface area contributed by atoms with Gasteiger partial charge in [-0.3, -0.25) is 4.79 Å². The number of carbonyl (C=O) groups is 2. The first kappa shape index (κ1) is 14.8. The lowest BCUT2D eigenvalue weighted by atomic mass is 10.2. The van der Waals surface area contributed by atoms with Gasteiger partial charge in [-0.2, -0.15) is 0 Å². The Morgan fingerprint density at radius 1 is 1.00 bits per heavy atom. The molecule has 0 saturated carbocycles. The Labute approximate surface area is 109 Å². The molecule has 1 fully saturated rings. The molecule has 5 heteroatoms. The zero-order valence-corrected chi connectivity index (χ0v) is 11.3. The van der Waals surface area contributed by atoms with E-state index in [9.17, 15) is 9.59 Å². The Morgan fingerprint density at radius 3 is 2.28 bits per heavy atom. The summed E-state index contributed by atoms with van der Waals surface area (Å²) in [6, 6.07) is -0.0276. The van der Waals surface area contributed by atoms with Crippen molar-refractivity contribution >= 4 is 11.9 Å². The lowest BCUT2D eigenvalue weighted by Crippen LogP contribution is -2.41. The van der Waals surface area contributed by atoms with Crippen LogP contribution in [-0.2, 0) is 4.79 Å². The molecule has 0 unspecified atom stereocenters. The van der Waals surface area contributed by atoms with E-state index in [-0.39, 0.29) is 11.9 Å². The monoisotopic (exact) mass is 255 g/mol. The van der Waals surface area contributed by atoms with Gasteiger partial charge in [0.1, 0.15) is 0 Å². The quantitative estimate of drug-likeness (QED) is 0.782. The van der Waals surface area contributed by atoms with E-state index in [1.165, 1.54) is 12.8 Å². The Balaban J connectivity index is 2.13. The molecule has 1 aliphatic rings. The van der Waals surface area contributed by atoms with Crippen LogP contribution in [0.15, 0.2) is 0 Å². The second-order valence-electron chi connectivity index (χ2n) is 4.73. The van der Waals surface area contributed by atoms with Crippen LogP contribution in [0, 0.1) is 0 Å². The van der Waals surface area contributed by atoms with E-state index in [1.54, 1.807) is 0 Å². The van der Waals surface area contributed by atoms with Crippen molar-refractivity contribution in [3.8, 4) is 0 Å². The molecule has 1 aliphatic heterocycles. The summed E-state index contributed by atoms with van der Waals surface area (Å²) in [5, 5.41) is 5.61. The van der Waals surface area contributed by atoms with Crippen LogP contribution in [0.25, 0.3) is 0 Å². The number of likely N-dealkylation sites (tertiary alicyclic amines) is 1. The van der Waals surface area contributed by atoms with E-state index in [0.717, 1.165) is 32.4 Å². The van der Waals surface area contributed by atoms with Gasteiger partial charge in [0.25, 0.3) is 0 Å². The predicted molar refractivity (Wildman–Crippen MR) is 71.4 cm³/mol. The number of carbonyl (C=O) groups excluding carboxylic acids is 2. The van der Waals surface area contributed by atoms with Gasteiger partial charge in [0.2, 0.25) is 5.91 Å².